The van der Waals surface area contributed by atoms with Gasteiger partial charge in [0.15, 0.2) is 0 Å². The third kappa shape index (κ3) is 3.35. The zero-order valence-electron chi connectivity index (χ0n) is 11.0. The van der Waals surface area contributed by atoms with Gasteiger partial charge in [-0.3, -0.25) is 4.79 Å². The van der Waals surface area contributed by atoms with Crippen LogP contribution in [0.2, 0.25) is 0 Å². The number of amides is 1. The van der Waals surface area contributed by atoms with E-state index in [4.69, 9.17) is 0 Å². The lowest BCUT2D eigenvalue weighted by Gasteiger charge is -2.31. The molecule has 0 aliphatic carbocycles. The summed E-state index contributed by atoms with van der Waals surface area (Å²) < 4.78 is 0.873. The van der Waals surface area contributed by atoms with Gasteiger partial charge in [-0.05, 0) is 47.3 Å². The molecule has 0 spiro atoms. The van der Waals surface area contributed by atoms with E-state index in [-0.39, 0.29) is 11.4 Å². The Kier molecular flexibility index (Phi) is 5.86. The Hall–Kier alpha value is -0.350. The molecule has 0 bridgehead atoms. The maximum absolute atomic E-state index is 12.3. The first-order valence-corrected chi connectivity index (χ1v) is 8.04. The Balaban J connectivity index is 2.98. The van der Waals surface area contributed by atoms with Crippen LogP contribution in [-0.4, -0.2) is 16.8 Å². The van der Waals surface area contributed by atoms with Crippen molar-refractivity contribution < 1.29 is 4.79 Å². The third-order valence-corrected chi connectivity index (χ3v) is 5.55. The molecule has 100 valence electrons. The molecule has 18 heavy (non-hydrogen) atoms. The highest BCUT2D eigenvalue weighted by molar-refractivity contribution is 9.10. The van der Waals surface area contributed by atoms with Gasteiger partial charge in [0.25, 0.3) is 5.91 Å². The van der Waals surface area contributed by atoms with Crippen LogP contribution in [0.5, 0.6) is 0 Å². The first kappa shape index (κ1) is 15.7. The molecule has 0 fully saturated rings. The summed E-state index contributed by atoms with van der Waals surface area (Å²) in [5.41, 5.74) is 1.60. The molecule has 0 heterocycles. The number of nitrogens with one attached hydrogen (secondary N) is 1. The second-order valence-corrected chi connectivity index (χ2v) is 5.87. The minimum atomic E-state index is -0.166. The lowest BCUT2D eigenvalue weighted by Crippen LogP contribution is -2.49. The monoisotopic (exact) mass is 375 g/mol. The van der Waals surface area contributed by atoms with E-state index in [1.165, 1.54) is 0 Å². The SMILES string of the molecule is CCC(CC)(CBr)NC(=O)c1cccc(C)c1Br. The first-order chi connectivity index (χ1) is 8.49. The number of benzene rings is 1. The maximum Gasteiger partial charge on any atom is 0.252 e. The van der Waals surface area contributed by atoms with Crippen LogP contribution in [0.25, 0.3) is 0 Å². The maximum atomic E-state index is 12.3. The van der Waals surface area contributed by atoms with Crippen molar-refractivity contribution in [1.82, 2.24) is 5.32 Å². The van der Waals surface area contributed by atoms with Gasteiger partial charge in [-0.1, -0.05) is 41.9 Å². The Morgan fingerprint density at radius 2 is 1.94 bits per heavy atom. The van der Waals surface area contributed by atoms with E-state index in [1.807, 2.05) is 25.1 Å². The Labute approximate surface area is 126 Å². The lowest BCUT2D eigenvalue weighted by atomic mass is 9.95. The molecule has 0 atom stereocenters. The minimum Gasteiger partial charge on any atom is -0.346 e. The van der Waals surface area contributed by atoms with Crippen molar-refractivity contribution >= 4 is 37.8 Å². The quantitative estimate of drug-likeness (QED) is 0.756. The Bertz CT molecular complexity index is 420. The normalized spacial score (nSPS) is 11.4. The molecule has 0 saturated heterocycles. The standard InChI is InChI=1S/C14H19Br2NO/c1-4-14(5-2,9-15)17-13(18)11-8-6-7-10(3)12(11)16/h6-8H,4-5,9H2,1-3H3,(H,17,18). The Morgan fingerprint density at radius 3 is 2.44 bits per heavy atom. The van der Waals surface area contributed by atoms with Crippen molar-refractivity contribution in [1.29, 1.82) is 0 Å². The van der Waals surface area contributed by atoms with Crippen LogP contribution >= 0.6 is 31.9 Å². The van der Waals surface area contributed by atoms with Crippen molar-refractivity contribution in [2.75, 3.05) is 5.33 Å². The number of hydrogen-bond acceptors (Lipinski definition) is 1. The van der Waals surface area contributed by atoms with E-state index in [0.29, 0.717) is 5.56 Å². The highest BCUT2D eigenvalue weighted by Crippen LogP contribution is 2.23. The van der Waals surface area contributed by atoms with Crippen LogP contribution in [0.15, 0.2) is 22.7 Å². The fourth-order valence-corrected chi connectivity index (χ4v) is 3.16. The fraction of sp³-hybridized carbons (Fsp3) is 0.500. The number of carbonyl (C=O) groups excluding carboxylic acids is 1. The van der Waals surface area contributed by atoms with Crippen molar-refractivity contribution in [2.45, 2.75) is 39.2 Å². The molecule has 1 amide bonds. The van der Waals surface area contributed by atoms with Gasteiger partial charge in [-0.2, -0.15) is 0 Å². The average molecular weight is 377 g/mol. The molecule has 0 aliphatic heterocycles. The zero-order valence-corrected chi connectivity index (χ0v) is 14.2. The number of alkyl halides is 1. The minimum absolute atomic E-state index is 0.0197. The van der Waals surface area contributed by atoms with E-state index in [2.05, 4.69) is 51.0 Å². The summed E-state index contributed by atoms with van der Waals surface area (Å²) in [5, 5.41) is 3.91. The fourth-order valence-electron chi connectivity index (χ4n) is 1.78. The van der Waals surface area contributed by atoms with Crippen LogP contribution in [-0.2, 0) is 0 Å². The molecule has 2 nitrogen and oxygen atoms in total. The number of rotatable bonds is 5. The molecule has 0 unspecified atom stereocenters. The highest BCUT2D eigenvalue weighted by Gasteiger charge is 2.27. The van der Waals surface area contributed by atoms with E-state index in [9.17, 15) is 4.79 Å². The van der Waals surface area contributed by atoms with E-state index < -0.39 is 0 Å². The molecular formula is C14H19Br2NO. The number of carbonyl (C=O) groups is 1. The third-order valence-electron chi connectivity index (χ3n) is 3.42. The second-order valence-electron chi connectivity index (χ2n) is 4.51. The van der Waals surface area contributed by atoms with Crippen molar-refractivity contribution in [3.05, 3.63) is 33.8 Å². The molecule has 0 aliphatic rings. The summed E-state index contributed by atoms with van der Waals surface area (Å²) in [6.45, 7) is 6.17. The van der Waals surface area contributed by atoms with Gasteiger partial charge in [0.1, 0.15) is 0 Å². The molecule has 1 aromatic carbocycles. The van der Waals surface area contributed by atoms with Crippen LogP contribution in [0, 0.1) is 6.92 Å². The molecule has 0 radical (unpaired) electrons. The van der Waals surface area contributed by atoms with Crippen LogP contribution in [0.1, 0.15) is 42.6 Å². The van der Waals surface area contributed by atoms with Gasteiger partial charge in [-0.15, -0.1) is 0 Å². The summed E-state index contributed by atoms with van der Waals surface area (Å²) >= 11 is 6.98. The van der Waals surface area contributed by atoms with E-state index in [0.717, 1.165) is 28.2 Å². The van der Waals surface area contributed by atoms with Crippen LogP contribution in [0.3, 0.4) is 0 Å². The van der Waals surface area contributed by atoms with Crippen LogP contribution < -0.4 is 5.32 Å². The van der Waals surface area contributed by atoms with Gasteiger partial charge >= 0.3 is 0 Å². The summed E-state index contributed by atoms with van der Waals surface area (Å²) in [6.07, 6.45) is 1.81. The first-order valence-electron chi connectivity index (χ1n) is 6.13. The number of aryl methyl sites for hydroxylation is 1. The molecule has 1 N–H and O–H groups in total. The molecule has 0 aromatic heterocycles. The van der Waals surface area contributed by atoms with E-state index in [1.54, 1.807) is 0 Å². The molecule has 4 heteroatoms. The number of halogens is 2. The summed E-state index contributed by atoms with van der Waals surface area (Å²) in [6, 6.07) is 5.73. The molecule has 1 aromatic rings. The largest absolute Gasteiger partial charge is 0.346 e. The average Bonchev–Trinajstić information content (AvgIpc) is 2.39. The van der Waals surface area contributed by atoms with Crippen LogP contribution in [0.4, 0.5) is 0 Å². The topological polar surface area (TPSA) is 29.1 Å². The van der Waals surface area contributed by atoms with Crippen molar-refractivity contribution in [3.8, 4) is 0 Å². The summed E-state index contributed by atoms with van der Waals surface area (Å²) in [4.78, 5) is 12.3. The Morgan fingerprint density at radius 1 is 1.33 bits per heavy atom. The summed E-state index contributed by atoms with van der Waals surface area (Å²) in [5.74, 6) is -0.0197. The van der Waals surface area contributed by atoms with Crippen molar-refractivity contribution in [2.24, 2.45) is 0 Å². The van der Waals surface area contributed by atoms with Gasteiger partial charge in [-0.25, -0.2) is 0 Å². The lowest BCUT2D eigenvalue weighted by molar-refractivity contribution is 0.0903. The zero-order chi connectivity index (χ0) is 13.8. The molecule has 0 saturated carbocycles. The highest BCUT2D eigenvalue weighted by atomic mass is 79.9. The molecule has 1 rings (SSSR count). The van der Waals surface area contributed by atoms with Gasteiger partial charge in [0.2, 0.25) is 0 Å². The second kappa shape index (κ2) is 6.71. The molecular weight excluding hydrogens is 358 g/mol. The van der Waals surface area contributed by atoms with Gasteiger partial charge in [0.05, 0.1) is 5.56 Å². The summed E-state index contributed by atoms with van der Waals surface area (Å²) in [7, 11) is 0. The number of hydrogen-bond donors (Lipinski definition) is 1. The predicted molar refractivity (Wildman–Crippen MR) is 83.5 cm³/mol. The smallest absolute Gasteiger partial charge is 0.252 e. The van der Waals surface area contributed by atoms with Gasteiger partial charge in [0, 0.05) is 15.3 Å². The van der Waals surface area contributed by atoms with E-state index >= 15 is 0 Å². The van der Waals surface area contributed by atoms with Crippen molar-refractivity contribution in [3.63, 3.8) is 0 Å². The predicted octanol–water partition coefficient (Wildman–Crippen LogP) is 4.44. The van der Waals surface area contributed by atoms with Gasteiger partial charge < -0.3 is 5.32 Å².